The summed E-state index contributed by atoms with van der Waals surface area (Å²) in [5.41, 5.74) is 6.36. The molecule has 13 heteroatoms. The molecule has 0 saturated heterocycles. The zero-order valence-corrected chi connectivity index (χ0v) is 32.5. The molecule has 280 valence electrons. The molecular weight excluding hydrogens is 703 g/mol. The number of carbonyl (C=O) groups is 2. The smallest absolute Gasteiger partial charge is 0.270 e. The molecule has 54 heavy (non-hydrogen) atoms. The topological polar surface area (TPSA) is 141 Å². The van der Waals surface area contributed by atoms with Gasteiger partial charge in [0.1, 0.15) is 22.2 Å². The van der Waals surface area contributed by atoms with Gasteiger partial charge in [-0.25, -0.2) is 9.42 Å². The highest BCUT2D eigenvalue weighted by molar-refractivity contribution is 6.98. The molecule has 1 N–H and O–H groups in total. The first-order valence-corrected chi connectivity index (χ1v) is 20.7. The molecule has 0 unspecified atom stereocenters. The van der Waals surface area contributed by atoms with Gasteiger partial charge in [0.25, 0.3) is 11.6 Å². The lowest BCUT2D eigenvalue weighted by Gasteiger charge is -2.38. The Morgan fingerprint density at radius 3 is 2.35 bits per heavy atom. The number of aryl methyl sites for hydroxylation is 1. The van der Waals surface area contributed by atoms with E-state index in [0.29, 0.717) is 48.4 Å². The molecule has 3 aromatic rings. The van der Waals surface area contributed by atoms with E-state index < -0.39 is 19.0 Å². The number of fused-ring (bicyclic) bond motifs is 2. The number of aromatic carboxylic acids is 1. The molecule has 0 radical (unpaired) electrons. The van der Waals surface area contributed by atoms with E-state index in [-0.39, 0.29) is 36.9 Å². The van der Waals surface area contributed by atoms with Crippen molar-refractivity contribution in [3.05, 3.63) is 133 Å². The lowest BCUT2D eigenvalue weighted by Crippen LogP contribution is -2.50. The average Bonchev–Trinajstić information content (AvgIpc) is 3.14. The number of carboxylic acids is 1. The third-order valence-electron chi connectivity index (χ3n) is 9.72. The standard InChI is InChI=1S/C41H45N5O7Si/c1-42-29-11-17-36(46(50)51)27(23-29)9-8-19-52-21-22-53-20-18-43-40(47)28-10-14-32(41(48)49)35(24-28)39-33-15-12-30(44(2)3)25-37(33)54(6,7)38-26-31(45(4)5)13-16-34(38)39/h10-17,23-26H,8-9,18-22H2,2-7H3,(H-,43,47,48,49). The summed E-state index contributed by atoms with van der Waals surface area (Å²) in [7, 11) is 5.72. The van der Waals surface area contributed by atoms with E-state index in [4.69, 9.17) is 16.0 Å². The van der Waals surface area contributed by atoms with Crippen LogP contribution in [0.4, 0.5) is 17.1 Å². The zero-order chi connectivity index (χ0) is 39.2. The summed E-state index contributed by atoms with van der Waals surface area (Å²) in [6.07, 6.45) is 7.26. The van der Waals surface area contributed by atoms with Crippen LogP contribution in [-0.4, -0.2) is 96.3 Å². The van der Waals surface area contributed by atoms with Gasteiger partial charge in [0.2, 0.25) is 0 Å². The van der Waals surface area contributed by atoms with E-state index >= 15 is 0 Å². The molecular formula is C41H45N5O7Si. The molecule has 5 rings (SSSR count). The van der Waals surface area contributed by atoms with Crippen molar-refractivity contribution in [1.29, 1.82) is 0 Å². The highest BCUT2D eigenvalue weighted by atomic mass is 28.3. The van der Waals surface area contributed by atoms with Crippen LogP contribution in [0.15, 0.2) is 83.6 Å². The minimum atomic E-state index is -2.27. The van der Waals surface area contributed by atoms with Gasteiger partial charge < -0.3 is 29.6 Å². The fourth-order valence-corrected chi connectivity index (χ4v) is 9.86. The van der Waals surface area contributed by atoms with Crippen LogP contribution in [-0.2, 0) is 15.9 Å². The Morgan fingerprint density at radius 2 is 1.69 bits per heavy atom. The van der Waals surface area contributed by atoms with Crippen LogP contribution in [0.2, 0.25) is 13.1 Å². The molecule has 1 aliphatic carbocycles. The van der Waals surface area contributed by atoms with Crippen molar-refractivity contribution in [2.75, 3.05) is 66.1 Å². The number of hydrogen-bond donors (Lipinski definition) is 1. The molecule has 0 saturated carbocycles. The second kappa shape index (κ2) is 17.0. The summed E-state index contributed by atoms with van der Waals surface area (Å²) < 4.78 is 13.3. The molecule has 0 aromatic heterocycles. The second-order valence-electron chi connectivity index (χ2n) is 14.1. The normalized spacial score (nSPS) is 14.1. The van der Waals surface area contributed by atoms with E-state index in [1.54, 1.807) is 6.07 Å². The number of rotatable bonds is 15. The number of allylic oxidation sites excluding steroid dienone is 5. The van der Waals surface area contributed by atoms with Crippen molar-refractivity contribution in [3.63, 3.8) is 0 Å². The van der Waals surface area contributed by atoms with Crippen LogP contribution < -0.4 is 20.5 Å². The SMILES string of the molecule is [C-]#[N+]c1ccc([N+](=O)[O-])c(CCCOCCOCCNC(=O)c2ccc(C(=O)[O-])c(C3=C4C=CC(=[N+](C)C)C=C4[Si](C)(C)c4cc(N(C)C)ccc43)c2)c1. The third-order valence-corrected chi connectivity index (χ3v) is 13.2. The average molecular weight is 748 g/mol. The van der Waals surface area contributed by atoms with Crippen molar-refractivity contribution in [2.24, 2.45) is 0 Å². The number of carboxylic acid groups (broad SMARTS) is 1. The number of anilines is 1. The molecule has 2 aliphatic rings. The fraction of sp³-hybridized carbons (Fsp3) is 0.317. The van der Waals surface area contributed by atoms with Gasteiger partial charge >= 0.3 is 0 Å². The first-order chi connectivity index (χ1) is 25.7. The van der Waals surface area contributed by atoms with Crippen LogP contribution in [0, 0.1) is 16.7 Å². The van der Waals surface area contributed by atoms with Crippen molar-refractivity contribution >= 4 is 53.5 Å². The van der Waals surface area contributed by atoms with E-state index in [1.807, 2.05) is 40.3 Å². The number of hydrogen-bond acceptors (Lipinski definition) is 8. The highest BCUT2D eigenvalue weighted by Gasteiger charge is 2.41. The van der Waals surface area contributed by atoms with Crippen LogP contribution in [0.5, 0.6) is 0 Å². The molecule has 0 spiro atoms. The Morgan fingerprint density at radius 1 is 0.944 bits per heavy atom. The summed E-state index contributed by atoms with van der Waals surface area (Å²) >= 11 is 0. The summed E-state index contributed by atoms with van der Waals surface area (Å²) in [4.78, 5) is 42.2. The van der Waals surface area contributed by atoms with Gasteiger partial charge in [-0.05, 0) is 88.0 Å². The minimum absolute atomic E-state index is 0.00615. The van der Waals surface area contributed by atoms with Gasteiger partial charge in [0.15, 0.2) is 11.4 Å². The van der Waals surface area contributed by atoms with Crippen LogP contribution in [0.25, 0.3) is 10.4 Å². The number of carbonyl (C=O) groups excluding carboxylic acids is 2. The molecule has 0 bridgehead atoms. The largest absolute Gasteiger partial charge is 0.545 e. The number of nitrogens with one attached hydrogen (secondary N) is 1. The summed E-state index contributed by atoms with van der Waals surface area (Å²) in [5.74, 6) is -1.69. The number of ether oxygens (including phenoxy) is 2. The van der Waals surface area contributed by atoms with Gasteiger partial charge in [0, 0.05) is 67.8 Å². The van der Waals surface area contributed by atoms with Crippen molar-refractivity contribution in [1.82, 2.24) is 5.32 Å². The Balaban J connectivity index is 1.26. The summed E-state index contributed by atoms with van der Waals surface area (Å²) in [6, 6.07) is 15.2. The Labute approximate surface area is 316 Å². The van der Waals surface area contributed by atoms with Crippen LogP contribution in [0.1, 0.15) is 43.8 Å². The number of nitro benzene ring substituents is 1. The summed E-state index contributed by atoms with van der Waals surface area (Å²) in [6.45, 7) is 13.2. The number of amides is 1. The molecule has 0 fully saturated rings. The first-order valence-electron chi connectivity index (χ1n) is 17.7. The highest BCUT2D eigenvalue weighted by Crippen LogP contribution is 2.43. The van der Waals surface area contributed by atoms with Crippen molar-refractivity contribution in [2.45, 2.75) is 25.9 Å². The maximum absolute atomic E-state index is 13.4. The van der Waals surface area contributed by atoms with Gasteiger partial charge in [0.05, 0.1) is 37.3 Å². The van der Waals surface area contributed by atoms with Gasteiger partial charge in [-0.2, -0.15) is 0 Å². The Hall–Kier alpha value is -5.68. The predicted molar refractivity (Wildman–Crippen MR) is 211 cm³/mol. The minimum Gasteiger partial charge on any atom is -0.545 e. The lowest BCUT2D eigenvalue weighted by molar-refractivity contribution is -0.462. The predicted octanol–water partition coefficient (Wildman–Crippen LogP) is 4.45. The quantitative estimate of drug-likeness (QED) is 0.0601. The number of nitro groups is 1. The number of benzene rings is 3. The van der Waals surface area contributed by atoms with E-state index in [2.05, 4.69) is 57.0 Å². The van der Waals surface area contributed by atoms with Crippen molar-refractivity contribution in [3.8, 4) is 0 Å². The molecule has 0 atom stereocenters. The maximum atomic E-state index is 13.4. The van der Waals surface area contributed by atoms with E-state index in [9.17, 15) is 24.8 Å². The lowest BCUT2D eigenvalue weighted by atomic mass is 9.86. The number of nitrogens with zero attached hydrogens (tertiary/aromatic N) is 4. The molecule has 1 heterocycles. The van der Waals surface area contributed by atoms with Gasteiger partial charge in [-0.3, -0.25) is 14.9 Å². The molecule has 12 nitrogen and oxygen atoms in total. The van der Waals surface area contributed by atoms with Crippen molar-refractivity contribution < 1.29 is 33.7 Å². The van der Waals surface area contributed by atoms with E-state index in [0.717, 1.165) is 28.1 Å². The van der Waals surface area contributed by atoms with Crippen LogP contribution >= 0.6 is 0 Å². The maximum Gasteiger partial charge on any atom is 0.270 e. The third kappa shape index (κ3) is 8.58. The van der Waals surface area contributed by atoms with Gasteiger partial charge in [-0.15, -0.1) is 0 Å². The van der Waals surface area contributed by atoms with Crippen LogP contribution in [0.3, 0.4) is 0 Å². The first kappa shape index (κ1) is 39.5. The Kier molecular flexibility index (Phi) is 12.4. The second-order valence-corrected chi connectivity index (χ2v) is 18.4. The Bertz CT molecular complexity index is 2160. The van der Waals surface area contributed by atoms with E-state index in [1.165, 1.54) is 40.7 Å². The molecule has 1 amide bonds. The molecule has 3 aromatic carbocycles. The fourth-order valence-electron chi connectivity index (χ4n) is 6.79. The summed E-state index contributed by atoms with van der Waals surface area (Å²) in [5, 5.41) is 29.1. The zero-order valence-electron chi connectivity index (χ0n) is 31.5. The monoisotopic (exact) mass is 747 g/mol. The van der Waals surface area contributed by atoms with Gasteiger partial charge in [-0.1, -0.05) is 25.2 Å². The molecule has 1 aliphatic heterocycles.